The number of carbonyl (C=O) groups excluding carboxylic acids is 1. The minimum atomic E-state index is -4.05. The van der Waals surface area contributed by atoms with Crippen molar-refractivity contribution in [2.75, 3.05) is 6.54 Å². The molecule has 0 spiro atoms. The van der Waals surface area contributed by atoms with Crippen LogP contribution in [0.5, 0.6) is 0 Å². The Hall–Kier alpha value is -2.96. The summed E-state index contributed by atoms with van der Waals surface area (Å²) in [6.07, 6.45) is 8.66. The Bertz CT molecular complexity index is 1280. The van der Waals surface area contributed by atoms with Crippen LogP contribution in [-0.2, 0) is 21.2 Å². The van der Waals surface area contributed by atoms with E-state index in [1.54, 1.807) is 48.5 Å². The van der Waals surface area contributed by atoms with Crippen LogP contribution in [0, 0.1) is 12.8 Å². The normalized spacial score (nSPS) is 21.7. The predicted molar refractivity (Wildman–Crippen MR) is 151 cm³/mol. The molecule has 0 saturated carbocycles. The first-order valence-electron chi connectivity index (χ1n) is 13.8. The van der Waals surface area contributed by atoms with Crippen molar-refractivity contribution in [3.8, 4) is 0 Å². The van der Waals surface area contributed by atoms with Crippen LogP contribution in [0.3, 0.4) is 0 Å². The van der Waals surface area contributed by atoms with E-state index in [0.717, 1.165) is 37.7 Å². The van der Waals surface area contributed by atoms with E-state index >= 15 is 0 Å². The van der Waals surface area contributed by atoms with Crippen molar-refractivity contribution in [3.63, 3.8) is 0 Å². The Morgan fingerprint density at radius 1 is 0.842 bits per heavy atom. The van der Waals surface area contributed by atoms with E-state index in [-0.39, 0.29) is 17.4 Å². The lowest BCUT2D eigenvalue weighted by Gasteiger charge is -2.47. The number of aliphatic carboxylic acids is 1. The van der Waals surface area contributed by atoms with Crippen LogP contribution in [0.25, 0.3) is 0 Å². The van der Waals surface area contributed by atoms with Crippen molar-refractivity contribution in [1.82, 2.24) is 3.89 Å². The lowest BCUT2D eigenvalue weighted by atomic mass is 9.86. The van der Waals surface area contributed by atoms with Crippen molar-refractivity contribution in [1.29, 1.82) is 0 Å². The van der Waals surface area contributed by atoms with E-state index < -0.39 is 25.9 Å². The summed E-state index contributed by atoms with van der Waals surface area (Å²) in [4.78, 5) is 12.7. The zero-order chi connectivity index (χ0) is 27.0. The van der Waals surface area contributed by atoms with Gasteiger partial charge in [0.2, 0.25) is 0 Å². The molecule has 0 radical (unpaired) electrons. The van der Waals surface area contributed by atoms with Gasteiger partial charge < -0.3 is 9.90 Å². The molecule has 1 aliphatic rings. The number of benzene rings is 3. The van der Waals surface area contributed by atoms with Gasteiger partial charge in [0.25, 0.3) is 0 Å². The van der Waals surface area contributed by atoms with Gasteiger partial charge in [-0.25, -0.2) is 0 Å². The highest BCUT2D eigenvalue weighted by Gasteiger charge is 2.54. The topological polar surface area (TPSA) is 74.3 Å². The number of para-hydroxylation sites is 1. The summed E-state index contributed by atoms with van der Waals surface area (Å²) < 4.78 is 27.8. The average molecular weight is 534 g/mol. The maximum absolute atomic E-state index is 14.2. The zero-order valence-corrected chi connectivity index (χ0v) is 23.1. The zero-order valence-electron chi connectivity index (χ0n) is 22.3. The van der Waals surface area contributed by atoms with E-state index in [1.165, 1.54) is 18.4 Å². The molecule has 0 bridgehead atoms. The number of quaternary nitrogens is 1. The molecule has 0 N–H and O–H groups in total. The third-order valence-electron chi connectivity index (χ3n) is 8.06. The molecule has 3 aromatic carbocycles. The fraction of sp³-hybridized carbons (Fsp3) is 0.406. The summed E-state index contributed by atoms with van der Waals surface area (Å²) in [5, 5.41) is 12.6. The molecule has 0 aromatic heterocycles. The third kappa shape index (κ3) is 6.19. The molecular weight excluding hydrogens is 494 g/mol. The van der Waals surface area contributed by atoms with Crippen LogP contribution in [0.15, 0.2) is 89.8 Å². The van der Waals surface area contributed by atoms with Gasteiger partial charge in [-0.2, -0.15) is 12.3 Å². The smallest absolute Gasteiger partial charge is 0.332 e. The van der Waals surface area contributed by atoms with E-state index in [1.807, 2.05) is 19.1 Å². The number of rotatable bonds is 12. The lowest BCUT2D eigenvalue weighted by molar-refractivity contribution is -0.311. The van der Waals surface area contributed by atoms with Gasteiger partial charge >= 0.3 is 10.0 Å². The fourth-order valence-electron chi connectivity index (χ4n) is 5.91. The van der Waals surface area contributed by atoms with Crippen LogP contribution in [-0.4, -0.2) is 27.0 Å². The molecule has 1 aliphatic heterocycles. The van der Waals surface area contributed by atoms with Crippen LogP contribution in [0.4, 0.5) is 5.69 Å². The fourth-order valence-corrected chi connectivity index (χ4v) is 8.02. The van der Waals surface area contributed by atoms with Crippen molar-refractivity contribution in [2.45, 2.75) is 75.6 Å². The number of hydrogen-bond acceptors (Lipinski definition) is 4. The standard InChI is InChI=1S/C32H39NO4S/c1-26-19-21-30(22-20-26)38(36,37)33(29-17-11-6-12-18-29)24-23-28(25-31(33)32(34)35)16-8-4-2-3-7-13-27-14-9-5-10-15-27/h5-6,9-12,14-15,17-22,28,31H,2-4,7-8,13,16,23-25H2,1H3. The molecule has 3 aromatic rings. The minimum absolute atomic E-state index is 0.146. The Labute approximate surface area is 227 Å². The number of nitrogens with zero attached hydrogens (tertiary/aromatic N) is 1. The first kappa shape index (κ1) is 28.1. The molecule has 1 heterocycles. The number of carboxylic acids is 1. The highest BCUT2D eigenvalue weighted by atomic mass is 32.2. The van der Waals surface area contributed by atoms with Crippen molar-refractivity contribution >= 4 is 21.7 Å². The van der Waals surface area contributed by atoms with Crippen LogP contribution >= 0.6 is 0 Å². The Morgan fingerprint density at radius 2 is 1.45 bits per heavy atom. The second-order valence-corrected chi connectivity index (χ2v) is 12.7. The summed E-state index contributed by atoms with van der Waals surface area (Å²) >= 11 is 0. The summed E-state index contributed by atoms with van der Waals surface area (Å²) in [6.45, 7) is 2.12. The first-order chi connectivity index (χ1) is 18.3. The number of carboxylic acid groups (broad SMARTS) is 1. The molecule has 3 unspecified atom stereocenters. The Morgan fingerprint density at radius 3 is 2.11 bits per heavy atom. The summed E-state index contributed by atoms with van der Waals surface area (Å²) in [5.74, 6) is -1.12. The number of carbonyl (C=O) groups is 1. The third-order valence-corrected chi connectivity index (χ3v) is 10.4. The summed E-state index contributed by atoms with van der Waals surface area (Å²) in [5.41, 5.74) is 2.81. The van der Waals surface area contributed by atoms with Crippen LogP contribution in [0.1, 0.15) is 62.5 Å². The molecule has 0 aliphatic carbocycles. The Kier molecular flexibility index (Phi) is 9.40. The molecular formula is C32H39NO4S. The number of hydrogen-bond donors (Lipinski definition) is 0. The van der Waals surface area contributed by atoms with Crippen molar-refractivity contribution < 1.29 is 18.3 Å². The molecule has 1 saturated heterocycles. The second-order valence-electron chi connectivity index (χ2n) is 10.7. The monoisotopic (exact) mass is 533 g/mol. The highest BCUT2D eigenvalue weighted by Crippen LogP contribution is 2.42. The quantitative estimate of drug-likeness (QED) is 0.218. The number of sulfonamides is 1. The predicted octanol–water partition coefficient (Wildman–Crippen LogP) is 5.80. The molecule has 5 nitrogen and oxygen atoms in total. The van der Waals surface area contributed by atoms with Crippen LogP contribution < -0.4 is 8.99 Å². The molecule has 202 valence electrons. The maximum Gasteiger partial charge on any atom is 0.332 e. The second kappa shape index (κ2) is 12.7. The number of aryl methyl sites for hydroxylation is 2. The SMILES string of the molecule is Cc1ccc(S(=O)(=O)[N+]2(c3ccccc3)CCC(CCCCCCCc3ccccc3)CC2C(=O)[O-])cc1. The van der Waals surface area contributed by atoms with Gasteiger partial charge in [0.15, 0.2) is 0 Å². The van der Waals surface area contributed by atoms with Gasteiger partial charge in [0.05, 0.1) is 6.54 Å². The number of piperidine rings is 1. The summed E-state index contributed by atoms with van der Waals surface area (Å²) in [7, 11) is -4.05. The van der Waals surface area contributed by atoms with Gasteiger partial charge in [-0.1, -0.05) is 91.9 Å². The maximum atomic E-state index is 14.2. The molecule has 38 heavy (non-hydrogen) atoms. The van der Waals surface area contributed by atoms with Gasteiger partial charge in [0.1, 0.15) is 22.6 Å². The van der Waals surface area contributed by atoms with Crippen LogP contribution in [0.2, 0.25) is 0 Å². The number of unbranched alkanes of at least 4 members (excludes halogenated alkanes) is 4. The van der Waals surface area contributed by atoms with Gasteiger partial charge in [0, 0.05) is 25.0 Å². The van der Waals surface area contributed by atoms with Gasteiger partial charge in [-0.05, 0) is 49.8 Å². The highest BCUT2D eigenvalue weighted by molar-refractivity contribution is 7.91. The minimum Gasteiger partial charge on any atom is -0.544 e. The van der Waals surface area contributed by atoms with E-state index in [2.05, 4.69) is 24.3 Å². The average Bonchev–Trinajstić information content (AvgIpc) is 2.93. The van der Waals surface area contributed by atoms with E-state index in [9.17, 15) is 18.3 Å². The van der Waals surface area contributed by atoms with E-state index in [4.69, 9.17) is 0 Å². The van der Waals surface area contributed by atoms with Gasteiger partial charge in [-0.3, -0.25) is 0 Å². The summed E-state index contributed by atoms with van der Waals surface area (Å²) in [6, 6.07) is 24.9. The molecule has 4 rings (SSSR count). The molecule has 6 heteroatoms. The molecule has 0 amide bonds. The van der Waals surface area contributed by atoms with Crippen molar-refractivity contribution in [3.05, 3.63) is 96.1 Å². The lowest BCUT2D eigenvalue weighted by Crippen LogP contribution is -2.68. The van der Waals surface area contributed by atoms with E-state index in [0.29, 0.717) is 18.5 Å². The van der Waals surface area contributed by atoms with Gasteiger partial charge in [-0.15, -0.1) is 0 Å². The largest absolute Gasteiger partial charge is 0.544 e. The molecule has 3 atom stereocenters. The first-order valence-corrected chi connectivity index (χ1v) is 15.3. The Balaban J connectivity index is 1.43. The van der Waals surface area contributed by atoms with Crippen molar-refractivity contribution in [2.24, 2.45) is 5.92 Å². The molecule has 1 fully saturated rings.